The molecule has 1 N–H and O–H groups in total. The summed E-state index contributed by atoms with van der Waals surface area (Å²) in [6.45, 7) is 0.0842. The Kier molecular flexibility index (Phi) is 6.65. The summed E-state index contributed by atoms with van der Waals surface area (Å²) in [6, 6.07) is 23.0. The van der Waals surface area contributed by atoms with Gasteiger partial charge in [-0.15, -0.1) is 0 Å². The number of rotatable bonds is 7. The van der Waals surface area contributed by atoms with E-state index in [1.165, 1.54) is 12.1 Å². The second-order valence-electron chi connectivity index (χ2n) is 5.93. The lowest BCUT2D eigenvalue weighted by Gasteiger charge is -2.09. The number of carbonyl (C=O) groups excluding carboxylic acids is 2. The van der Waals surface area contributed by atoms with Crippen LogP contribution >= 0.6 is 11.6 Å². The minimum absolute atomic E-state index is 0.331. The highest BCUT2D eigenvalue weighted by molar-refractivity contribution is 6.30. The van der Waals surface area contributed by atoms with Crippen molar-refractivity contribution in [2.24, 2.45) is 0 Å². The molecule has 0 aliphatic carbocycles. The third-order valence-electron chi connectivity index (χ3n) is 3.80. The van der Waals surface area contributed by atoms with Crippen molar-refractivity contribution in [1.82, 2.24) is 0 Å². The van der Waals surface area contributed by atoms with E-state index in [-0.39, 0.29) is 6.61 Å². The predicted molar refractivity (Wildman–Crippen MR) is 108 cm³/mol. The molecule has 3 aromatic carbocycles. The van der Waals surface area contributed by atoms with Gasteiger partial charge in [-0.1, -0.05) is 41.9 Å². The van der Waals surface area contributed by atoms with Gasteiger partial charge in [-0.05, 0) is 54.1 Å². The first-order valence-corrected chi connectivity index (χ1v) is 8.97. The number of hydrogen-bond acceptors (Lipinski definition) is 4. The fourth-order valence-corrected chi connectivity index (χ4v) is 2.50. The Morgan fingerprint density at radius 3 is 2.21 bits per heavy atom. The van der Waals surface area contributed by atoms with Gasteiger partial charge in [0.1, 0.15) is 12.4 Å². The lowest BCUT2D eigenvalue weighted by atomic mass is 10.2. The highest BCUT2D eigenvalue weighted by Crippen LogP contribution is 2.17. The summed E-state index contributed by atoms with van der Waals surface area (Å²) in [7, 11) is 0. The molecule has 0 aliphatic rings. The average Bonchev–Trinajstić information content (AvgIpc) is 2.73. The van der Waals surface area contributed by atoms with Crippen LogP contribution in [0.5, 0.6) is 5.75 Å². The van der Waals surface area contributed by atoms with Crippen molar-refractivity contribution in [3.63, 3.8) is 0 Å². The molecule has 28 heavy (non-hydrogen) atoms. The van der Waals surface area contributed by atoms with Gasteiger partial charge in [0.25, 0.3) is 5.91 Å². The van der Waals surface area contributed by atoms with Crippen molar-refractivity contribution in [3.05, 3.63) is 95.0 Å². The molecule has 5 nitrogen and oxygen atoms in total. The molecule has 0 spiro atoms. The highest BCUT2D eigenvalue weighted by Gasteiger charge is 2.10. The number of halogens is 1. The van der Waals surface area contributed by atoms with E-state index in [4.69, 9.17) is 21.1 Å². The van der Waals surface area contributed by atoms with Crippen LogP contribution in [-0.2, 0) is 16.1 Å². The van der Waals surface area contributed by atoms with E-state index >= 15 is 0 Å². The van der Waals surface area contributed by atoms with Gasteiger partial charge in [0.15, 0.2) is 6.61 Å². The zero-order chi connectivity index (χ0) is 19.8. The molecule has 0 unspecified atom stereocenters. The molecule has 3 aromatic rings. The maximum atomic E-state index is 12.0. The van der Waals surface area contributed by atoms with Gasteiger partial charge < -0.3 is 14.8 Å². The molecular formula is C22H18ClNO4. The monoisotopic (exact) mass is 395 g/mol. The first-order valence-electron chi connectivity index (χ1n) is 8.59. The van der Waals surface area contributed by atoms with Crippen LogP contribution in [0.4, 0.5) is 5.69 Å². The van der Waals surface area contributed by atoms with Crippen molar-refractivity contribution in [3.8, 4) is 5.75 Å². The average molecular weight is 396 g/mol. The molecule has 142 valence electrons. The maximum Gasteiger partial charge on any atom is 0.338 e. The van der Waals surface area contributed by atoms with Crippen LogP contribution in [0, 0.1) is 0 Å². The summed E-state index contributed by atoms with van der Waals surface area (Å²) in [5.74, 6) is -0.326. The number of nitrogens with one attached hydrogen (secondary N) is 1. The van der Waals surface area contributed by atoms with Crippen molar-refractivity contribution in [2.75, 3.05) is 11.9 Å². The zero-order valence-corrected chi connectivity index (χ0v) is 15.7. The van der Waals surface area contributed by atoms with Crippen molar-refractivity contribution < 1.29 is 19.1 Å². The van der Waals surface area contributed by atoms with Gasteiger partial charge in [-0.25, -0.2) is 4.79 Å². The standard InChI is InChI=1S/C22H18ClNO4/c23-18-8-6-17(7-9-18)22(26)28-15-21(25)24-19-10-12-20(13-11-19)27-14-16-4-2-1-3-5-16/h1-13H,14-15H2,(H,24,25). The lowest BCUT2D eigenvalue weighted by Crippen LogP contribution is -2.20. The molecule has 0 aromatic heterocycles. The van der Waals surface area contributed by atoms with Crippen molar-refractivity contribution >= 4 is 29.2 Å². The number of hydrogen-bond donors (Lipinski definition) is 1. The molecule has 0 heterocycles. The highest BCUT2D eigenvalue weighted by atomic mass is 35.5. The van der Waals surface area contributed by atoms with Gasteiger partial charge in [-0.2, -0.15) is 0 Å². The quantitative estimate of drug-likeness (QED) is 0.588. The molecule has 0 saturated heterocycles. The van der Waals surface area contributed by atoms with Crippen LogP contribution in [0.25, 0.3) is 0 Å². The van der Waals surface area contributed by atoms with Crippen molar-refractivity contribution in [1.29, 1.82) is 0 Å². The van der Waals surface area contributed by atoms with Gasteiger partial charge >= 0.3 is 5.97 Å². The summed E-state index contributed by atoms with van der Waals surface area (Å²) in [5, 5.41) is 3.19. The molecule has 0 atom stereocenters. The number of benzene rings is 3. The Hall–Kier alpha value is -3.31. The Morgan fingerprint density at radius 1 is 0.857 bits per heavy atom. The van der Waals surface area contributed by atoms with E-state index in [1.807, 2.05) is 30.3 Å². The predicted octanol–water partition coefficient (Wildman–Crippen LogP) is 4.71. The molecule has 0 radical (unpaired) electrons. The summed E-state index contributed by atoms with van der Waals surface area (Å²) < 4.78 is 10.7. The van der Waals surface area contributed by atoms with Crippen LogP contribution in [0.15, 0.2) is 78.9 Å². The second kappa shape index (κ2) is 9.58. The van der Waals surface area contributed by atoms with E-state index in [0.717, 1.165) is 5.56 Å². The SMILES string of the molecule is O=C(COC(=O)c1ccc(Cl)cc1)Nc1ccc(OCc2ccccc2)cc1. The van der Waals surface area contributed by atoms with Gasteiger partial charge in [0, 0.05) is 10.7 Å². The number of ether oxygens (including phenoxy) is 2. The minimum Gasteiger partial charge on any atom is -0.489 e. The van der Waals surface area contributed by atoms with E-state index in [2.05, 4.69) is 5.32 Å². The second-order valence-corrected chi connectivity index (χ2v) is 6.37. The molecular weight excluding hydrogens is 378 g/mol. The summed E-state index contributed by atoms with van der Waals surface area (Å²) in [6.07, 6.45) is 0. The third kappa shape index (κ3) is 5.86. The maximum absolute atomic E-state index is 12.0. The minimum atomic E-state index is -0.587. The fraction of sp³-hybridized carbons (Fsp3) is 0.0909. The first-order chi connectivity index (χ1) is 13.6. The van der Waals surface area contributed by atoms with E-state index in [1.54, 1.807) is 36.4 Å². The van der Waals surface area contributed by atoms with Crippen LogP contribution in [0.1, 0.15) is 15.9 Å². The van der Waals surface area contributed by atoms with Crippen LogP contribution < -0.4 is 10.1 Å². The van der Waals surface area contributed by atoms with Crippen LogP contribution in [0.2, 0.25) is 5.02 Å². The molecule has 1 amide bonds. The molecule has 0 fully saturated rings. The fourth-order valence-electron chi connectivity index (χ4n) is 2.37. The number of esters is 1. The van der Waals surface area contributed by atoms with Crippen molar-refractivity contribution in [2.45, 2.75) is 6.61 Å². The summed E-state index contributed by atoms with van der Waals surface area (Å²) in [4.78, 5) is 23.8. The number of carbonyl (C=O) groups is 2. The summed E-state index contributed by atoms with van der Waals surface area (Å²) in [5.41, 5.74) is 1.99. The molecule has 0 saturated carbocycles. The lowest BCUT2D eigenvalue weighted by molar-refractivity contribution is -0.119. The van der Waals surface area contributed by atoms with E-state index in [0.29, 0.717) is 28.6 Å². The van der Waals surface area contributed by atoms with E-state index < -0.39 is 11.9 Å². The molecule has 0 bridgehead atoms. The molecule has 0 aliphatic heterocycles. The third-order valence-corrected chi connectivity index (χ3v) is 4.05. The molecule has 6 heteroatoms. The van der Waals surface area contributed by atoms with Gasteiger partial charge in [0.2, 0.25) is 0 Å². The largest absolute Gasteiger partial charge is 0.489 e. The zero-order valence-electron chi connectivity index (χ0n) is 14.9. The molecule has 3 rings (SSSR count). The van der Waals surface area contributed by atoms with Gasteiger partial charge in [-0.3, -0.25) is 4.79 Å². The normalized spacial score (nSPS) is 10.2. The Labute approximate surface area is 167 Å². The van der Waals surface area contributed by atoms with E-state index in [9.17, 15) is 9.59 Å². The number of anilines is 1. The Morgan fingerprint density at radius 2 is 1.54 bits per heavy atom. The van der Waals surface area contributed by atoms with Gasteiger partial charge in [0.05, 0.1) is 5.56 Å². The Bertz CT molecular complexity index is 925. The van der Waals surface area contributed by atoms with Crippen LogP contribution in [-0.4, -0.2) is 18.5 Å². The smallest absolute Gasteiger partial charge is 0.338 e. The first kappa shape index (κ1) is 19.5. The Balaban J connectivity index is 1.45. The summed E-state index contributed by atoms with van der Waals surface area (Å²) >= 11 is 5.77. The topological polar surface area (TPSA) is 64.6 Å². The number of amides is 1. The van der Waals surface area contributed by atoms with Crippen LogP contribution in [0.3, 0.4) is 0 Å².